The van der Waals surface area contributed by atoms with Crippen LogP contribution in [-0.4, -0.2) is 24.3 Å². The fourth-order valence-electron chi connectivity index (χ4n) is 3.55. The van der Waals surface area contributed by atoms with Crippen molar-refractivity contribution in [2.75, 3.05) is 6.61 Å². The van der Waals surface area contributed by atoms with E-state index in [1.165, 1.54) is 25.7 Å². The Balaban J connectivity index is 1.65. The molecular formula is C13H21F2NO. The van der Waals surface area contributed by atoms with Crippen molar-refractivity contribution in [3.05, 3.63) is 0 Å². The van der Waals surface area contributed by atoms with Crippen LogP contribution in [0, 0.1) is 5.92 Å². The molecule has 0 radical (unpaired) electrons. The molecule has 4 heteroatoms. The third kappa shape index (κ3) is 2.34. The maximum absolute atomic E-state index is 13.2. The van der Waals surface area contributed by atoms with Crippen LogP contribution in [0.5, 0.6) is 0 Å². The van der Waals surface area contributed by atoms with Gasteiger partial charge in [-0.25, -0.2) is 8.78 Å². The fourth-order valence-corrected chi connectivity index (χ4v) is 3.55. The molecule has 2 saturated carbocycles. The van der Waals surface area contributed by atoms with E-state index in [4.69, 9.17) is 4.74 Å². The number of rotatable bonds is 0. The lowest BCUT2D eigenvalue weighted by molar-refractivity contribution is -0.188. The lowest BCUT2D eigenvalue weighted by atomic mass is 9.80. The van der Waals surface area contributed by atoms with Crippen molar-refractivity contribution in [1.82, 2.24) is 5.32 Å². The highest BCUT2D eigenvalue weighted by Gasteiger charge is 2.48. The summed E-state index contributed by atoms with van der Waals surface area (Å²) in [6.07, 6.45) is 5.83. The van der Waals surface area contributed by atoms with E-state index in [9.17, 15) is 8.78 Å². The number of alkyl halides is 2. The minimum absolute atomic E-state index is 0.0304. The van der Waals surface area contributed by atoms with Gasteiger partial charge in [-0.1, -0.05) is 12.8 Å². The van der Waals surface area contributed by atoms with E-state index in [1.54, 1.807) is 0 Å². The normalized spacial score (nSPS) is 39.9. The van der Waals surface area contributed by atoms with Crippen LogP contribution in [0.3, 0.4) is 0 Å². The SMILES string of the molecule is FC1(F)CCC2(CC1)NC1CCCCC1CO2. The van der Waals surface area contributed by atoms with Gasteiger partial charge in [0, 0.05) is 18.9 Å². The molecule has 3 fully saturated rings. The van der Waals surface area contributed by atoms with Crippen molar-refractivity contribution >= 4 is 0 Å². The van der Waals surface area contributed by atoms with Crippen molar-refractivity contribution in [2.24, 2.45) is 5.92 Å². The Morgan fingerprint density at radius 3 is 2.47 bits per heavy atom. The van der Waals surface area contributed by atoms with E-state index in [0.717, 1.165) is 6.61 Å². The molecule has 2 aliphatic carbocycles. The quantitative estimate of drug-likeness (QED) is 0.708. The zero-order chi connectivity index (χ0) is 11.9. The van der Waals surface area contributed by atoms with Crippen LogP contribution in [0.2, 0.25) is 0 Å². The molecule has 0 amide bonds. The summed E-state index contributed by atoms with van der Waals surface area (Å²) < 4.78 is 32.3. The Morgan fingerprint density at radius 2 is 1.71 bits per heavy atom. The minimum atomic E-state index is -2.47. The van der Waals surface area contributed by atoms with E-state index in [0.29, 0.717) is 24.8 Å². The van der Waals surface area contributed by atoms with Gasteiger partial charge in [-0.2, -0.15) is 0 Å². The Hall–Kier alpha value is -0.220. The van der Waals surface area contributed by atoms with Crippen molar-refractivity contribution in [1.29, 1.82) is 0 Å². The number of ether oxygens (including phenoxy) is 1. The maximum atomic E-state index is 13.2. The van der Waals surface area contributed by atoms with Gasteiger partial charge in [0.25, 0.3) is 0 Å². The molecule has 2 atom stereocenters. The van der Waals surface area contributed by atoms with Gasteiger partial charge in [0.05, 0.1) is 6.61 Å². The third-order valence-electron chi connectivity index (χ3n) is 4.72. The second-order valence-electron chi connectivity index (χ2n) is 5.96. The topological polar surface area (TPSA) is 21.3 Å². The lowest BCUT2D eigenvalue weighted by Crippen LogP contribution is -2.62. The molecule has 3 aliphatic rings. The molecule has 1 aliphatic heterocycles. The Labute approximate surface area is 101 Å². The van der Waals surface area contributed by atoms with E-state index >= 15 is 0 Å². The standard InChI is InChI=1S/C13H21F2NO/c14-12(15)5-7-13(8-6-12)16-11-4-2-1-3-10(11)9-17-13/h10-11,16H,1-9H2. The summed E-state index contributed by atoms with van der Waals surface area (Å²) in [5.41, 5.74) is -0.430. The predicted molar refractivity (Wildman–Crippen MR) is 61.0 cm³/mol. The molecule has 2 unspecified atom stereocenters. The first kappa shape index (κ1) is 11.8. The highest BCUT2D eigenvalue weighted by molar-refractivity contribution is 4.96. The van der Waals surface area contributed by atoms with Crippen LogP contribution in [0.25, 0.3) is 0 Å². The predicted octanol–water partition coefficient (Wildman–Crippen LogP) is 3.07. The second kappa shape index (κ2) is 4.16. The molecule has 2 nitrogen and oxygen atoms in total. The highest BCUT2D eigenvalue weighted by Crippen LogP contribution is 2.42. The first-order chi connectivity index (χ1) is 8.09. The Morgan fingerprint density at radius 1 is 1.00 bits per heavy atom. The van der Waals surface area contributed by atoms with Crippen LogP contribution in [0.4, 0.5) is 8.78 Å². The number of hydrogen-bond acceptors (Lipinski definition) is 2. The number of nitrogens with one attached hydrogen (secondary N) is 1. The molecule has 1 spiro atoms. The summed E-state index contributed by atoms with van der Waals surface area (Å²) in [4.78, 5) is 0. The Kier molecular flexibility index (Phi) is 2.90. The average Bonchev–Trinajstić information content (AvgIpc) is 2.34. The summed E-state index contributed by atoms with van der Waals surface area (Å²) >= 11 is 0. The summed E-state index contributed by atoms with van der Waals surface area (Å²) in [6.45, 7) is 0.767. The zero-order valence-electron chi connectivity index (χ0n) is 10.2. The molecule has 3 rings (SSSR count). The van der Waals surface area contributed by atoms with E-state index < -0.39 is 11.6 Å². The van der Waals surface area contributed by atoms with Crippen LogP contribution < -0.4 is 5.32 Å². The molecule has 0 bridgehead atoms. The first-order valence-electron chi connectivity index (χ1n) is 6.88. The largest absolute Gasteiger partial charge is 0.360 e. The summed E-state index contributed by atoms with van der Waals surface area (Å²) in [7, 11) is 0. The van der Waals surface area contributed by atoms with Crippen molar-refractivity contribution in [3.8, 4) is 0 Å². The van der Waals surface area contributed by atoms with Gasteiger partial charge in [0.1, 0.15) is 5.72 Å². The molecular weight excluding hydrogens is 224 g/mol. The number of hydrogen-bond donors (Lipinski definition) is 1. The van der Waals surface area contributed by atoms with Gasteiger partial charge >= 0.3 is 0 Å². The molecule has 0 aromatic heterocycles. The van der Waals surface area contributed by atoms with E-state index in [2.05, 4.69) is 5.32 Å². The van der Waals surface area contributed by atoms with Crippen LogP contribution in [0.15, 0.2) is 0 Å². The van der Waals surface area contributed by atoms with Gasteiger partial charge in [-0.15, -0.1) is 0 Å². The highest BCUT2D eigenvalue weighted by atomic mass is 19.3. The fraction of sp³-hybridized carbons (Fsp3) is 1.00. The summed E-state index contributed by atoms with van der Waals surface area (Å²) in [5.74, 6) is -1.86. The molecule has 1 saturated heterocycles. The van der Waals surface area contributed by atoms with Gasteiger partial charge < -0.3 is 4.74 Å². The summed E-state index contributed by atoms with van der Waals surface area (Å²) in [5, 5.41) is 3.55. The molecule has 17 heavy (non-hydrogen) atoms. The van der Waals surface area contributed by atoms with E-state index in [-0.39, 0.29) is 12.8 Å². The molecule has 0 aromatic rings. The number of halogens is 2. The van der Waals surface area contributed by atoms with E-state index in [1.807, 2.05) is 0 Å². The average molecular weight is 245 g/mol. The van der Waals surface area contributed by atoms with Crippen molar-refractivity contribution in [3.63, 3.8) is 0 Å². The summed E-state index contributed by atoms with van der Waals surface area (Å²) in [6, 6.07) is 0.504. The van der Waals surface area contributed by atoms with Gasteiger partial charge in [0.2, 0.25) is 5.92 Å². The number of fused-ring (bicyclic) bond motifs is 1. The Bertz CT molecular complexity index is 285. The second-order valence-corrected chi connectivity index (χ2v) is 5.96. The smallest absolute Gasteiger partial charge is 0.248 e. The van der Waals surface area contributed by atoms with Crippen molar-refractivity contribution < 1.29 is 13.5 Å². The van der Waals surface area contributed by atoms with Crippen LogP contribution in [-0.2, 0) is 4.74 Å². The molecule has 0 aromatic carbocycles. The maximum Gasteiger partial charge on any atom is 0.248 e. The van der Waals surface area contributed by atoms with Gasteiger partial charge in [-0.05, 0) is 31.6 Å². The lowest BCUT2D eigenvalue weighted by Gasteiger charge is -2.50. The van der Waals surface area contributed by atoms with Gasteiger partial charge in [0.15, 0.2) is 0 Å². The first-order valence-corrected chi connectivity index (χ1v) is 6.88. The molecule has 1 heterocycles. The monoisotopic (exact) mass is 245 g/mol. The molecule has 1 N–H and O–H groups in total. The third-order valence-corrected chi connectivity index (χ3v) is 4.72. The molecule has 98 valence electrons. The van der Waals surface area contributed by atoms with Gasteiger partial charge in [-0.3, -0.25) is 5.32 Å². The van der Waals surface area contributed by atoms with Crippen LogP contribution >= 0.6 is 0 Å². The minimum Gasteiger partial charge on any atom is -0.360 e. The van der Waals surface area contributed by atoms with Crippen molar-refractivity contribution in [2.45, 2.75) is 69.1 Å². The van der Waals surface area contributed by atoms with Crippen LogP contribution in [0.1, 0.15) is 51.4 Å². The zero-order valence-corrected chi connectivity index (χ0v) is 10.2.